The highest BCUT2D eigenvalue weighted by Gasteiger charge is 2.29. The van der Waals surface area contributed by atoms with Crippen LogP contribution in [0.5, 0.6) is 0 Å². The summed E-state index contributed by atoms with van der Waals surface area (Å²) in [5.74, 6) is -1.73. The Morgan fingerprint density at radius 3 is 2.59 bits per heavy atom. The molecule has 11 heteroatoms. The molecule has 1 N–H and O–H groups in total. The number of carboxylic acids is 1. The summed E-state index contributed by atoms with van der Waals surface area (Å²) in [6, 6.07) is 16.8. The molecule has 41 heavy (non-hydrogen) atoms. The van der Waals surface area contributed by atoms with Crippen molar-refractivity contribution in [2.45, 2.75) is 30.6 Å². The first-order chi connectivity index (χ1) is 19.8. The molecule has 0 amide bonds. The Balaban J connectivity index is 1.55. The van der Waals surface area contributed by atoms with Gasteiger partial charge in [0.05, 0.1) is 11.4 Å². The normalized spacial score (nSPS) is 13.8. The molecule has 0 saturated heterocycles. The number of halogens is 2. The van der Waals surface area contributed by atoms with E-state index < -0.39 is 28.7 Å². The first-order valence-corrected chi connectivity index (χ1v) is 14.8. The molecule has 0 spiro atoms. The van der Waals surface area contributed by atoms with Crippen molar-refractivity contribution in [3.63, 3.8) is 0 Å². The minimum absolute atomic E-state index is 0.0956. The highest BCUT2D eigenvalue weighted by atomic mass is 32.2. The molecule has 0 radical (unpaired) electrons. The summed E-state index contributed by atoms with van der Waals surface area (Å²) in [7, 11) is 0. The van der Waals surface area contributed by atoms with Crippen LogP contribution in [0.3, 0.4) is 0 Å². The third-order valence-corrected chi connectivity index (χ3v) is 8.46. The second kappa shape index (κ2) is 11.1. The summed E-state index contributed by atoms with van der Waals surface area (Å²) in [5, 5.41) is 16.2. The fourth-order valence-corrected chi connectivity index (χ4v) is 6.05. The van der Waals surface area contributed by atoms with E-state index >= 15 is 4.39 Å². The zero-order valence-corrected chi connectivity index (χ0v) is 23.1. The van der Waals surface area contributed by atoms with Crippen molar-refractivity contribution in [3.8, 4) is 27.5 Å². The average Bonchev–Trinajstić information content (AvgIpc) is 3.51. The van der Waals surface area contributed by atoms with Crippen LogP contribution in [0, 0.1) is 17.6 Å². The molecule has 3 aromatic carbocycles. The SMILES string of the molecule is O=C(O)c1csc(-n2nc(-c3ccc(F)c(-c4cccc(F)c4)c3)c(Cc3cccc(S(=O)[O-])c3)c2CC2CC2)n1. The van der Waals surface area contributed by atoms with E-state index in [1.807, 2.05) is 6.07 Å². The van der Waals surface area contributed by atoms with E-state index in [1.165, 1.54) is 35.7 Å². The molecule has 1 unspecified atom stereocenters. The Hall–Kier alpha value is -4.06. The van der Waals surface area contributed by atoms with Crippen molar-refractivity contribution >= 4 is 28.4 Å². The van der Waals surface area contributed by atoms with E-state index in [2.05, 4.69) is 4.98 Å². The van der Waals surface area contributed by atoms with Gasteiger partial charge in [-0.3, -0.25) is 4.21 Å². The lowest BCUT2D eigenvalue weighted by Gasteiger charge is -2.11. The Morgan fingerprint density at radius 1 is 1.07 bits per heavy atom. The van der Waals surface area contributed by atoms with Gasteiger partial charge in [-0.25, -0.2) is 23.2 Å². The molecule has 2 heterocycles. The third kappa shape index (κ3) is 5.74. The number of rotatable bonds is 9. The van der Waals surface area contributed by atoms with Crippen molar-refractivity contribution < 1.29 is 27.4 Å². The summed E-state index contributed by atoms with van der Waals surface area (Å²) in [6.45, 7) is 0. The number of carboxylic acid groups (broad SMARTS) is 1. The maximum Gasteiger partial charge on any atom is 0.355 e. The van der Waals surface area contributed by atoms with E-state index in [-0.39, 0.29) is 16.2 Å². The van der Waals surface area contributed by atoms with Crippen LogP contribution in [0.1, 0.15) is 40.2 Å². The van der Waals surface area contributed by atoms with Crippen molar-refractivity contribution in [3.05, 3.63) is 106 Å². The summed E-state index contributed by atoms with van der Waals surface area (Å²) in [4.78, 5) is 16.0. The van der Waals surface area contributed by atoms with Crippen LogP contribution in [0.4, 0.5) is 8.78 Å². The number of thiazole rings is 1. The van der Waals surface area contributed by atoms with E-state index in [9.17, 15) is 23.1 Å². The fraction of sp³-hybridized carbons (Fsp3) is 0.167. The van der Waals surface area contributed by atoms with E-state index in [4.69, 9.17) is 5.10 Å². The van der Waals surface area contributed by atoms with Gasteiger partial charge in [0, 0.05) is 33.4 Å². The smallest absolute Gasteiger partial charge is 0.355 e. The standard InChI is InChI=1S/C30H23F2N3O4S2/c31-21-5-2-4-19(14-21)23-15-20(9-10-25(23)32)28-24(12-18-3-1-6-22(11-18)41(38)39)27(13-17-7-8-17)35(34-28)30-33-26(16-40-30)29(36)37/h1-6,9-11,14-17H,7-8,12-13H2,(H,36,37)(H,38,39)/p-1. The number of carbonyl (C=O) groups is 1. The van der Waals surface area contributed by atoms with Gasteiger partial charge >= 0.3 is 5.97 Å². The molecule has 1 fully saturated rings. The predicted octanol–water partition coefficient (Wildman–Crippen LogP) is 6.42. The number of hydrogen-bond acceptors (Lipinski definition) is 6. The molecular formula is C30H22F2N3O4S2-. The molecule has 1 atom stereocenters. The number of aromatic carboxylic acids is 1. The zero-order valence-electron chi connectivity index (χ0n) is 21.4. The van der Waals surface area contributed by atoms with Gasteiger partial charge < -0.3 is 9.66 Å². The highest BCUT2D eigenvalue weighted by Crippen LogP contribution is 2.39. The van der Waals surface area contributed by atoms with Gasteiger partial charge in [-0.1, -0.05) is 24.3 Å². The van der Waals surface area contributed by atoms with Gasteiger partial charge in [-0.2, -0.15) is 5.10 Å². The van der Waals surface area contributed by atoms with Gasteiger partial charge in [0.15, 0.2) is 5.69 Å². The second-order valence-electron chi connectivity index (χ2n) is 9.92. The van der Waals surface area contributed by atoms with Gasteiger partial charge in [0.25, 0.3) is 0 Å². The Kier molecular flexibility index (Phi) is 7.33. The Bertz CT molecular complexity index is 1810. The molecule has 5 aromatic rings. The monoisotopic (exact) mass is 590 g/mol. The molecule has 1 aliphatic rings. The quantitative estimate of drug-likeness (QED) is 0.199. The van der Waals surface area contributed by atoms with Gasteiger partial charge in [-0.05, 0) is 89.9 Å². The molecule has 0 bridgehead atoms. The van der Waals surface area contributed by atoms with Gasteiger partial charge in [0.1, 0.15) is 11.6 Å². The molecular weight excluding hydrogens is 568 g/mol. The Labute approximate surface area is 240 Å². The second-order valence-corrected chi connectivity index (χ2v) is 11.7. The average molecular weight is 591 g/mol. The summed E-state index contributed by atoms with van der Waals surface area (Å²) in [6.07, 6.45) is 3.08. The highest BCUT2D eigenvalue weighted by molar-refractivity contribution is 7.79. The van der Waals surface area contributed by atoms with E-state index in [0.29, 0.717) is 40.7 Å². The Morgan fingerprint density at radius 2 is 1.88 bits per heavy atom. The largest absolute Gasteiger partial charge is 0.768 e. The molecule has 2 aromatic heterocycles. The predicted molar refractivity (Wildman–Crippen MR) is 150 cm³/mol. The van der Waals surface area contributed by atoms with Crippen LogP contribution in [0.2, 0.25) is 0 Å². The van der Waals surface area contributed by atoms with Gasteiger partial charge in [-0.15, -0.1) is 11.3 Å². The van der Waals surface area contributed by atoms with E-state index in [0.717, 1.165) is 41.0 Å². The topological polar surface area (TPSA) is 108 Å². The van der Waals surface area contributed by atoms with Crippen molar-refractivity contribution in [1.82, 2.24) is 14.8 Å². The number of aromatic nitrogens is 3. The molecule has 7 nitrogen and oxygen atoms in total. The van der Waals surface area contributed by atoms with Crippen LogP contribution in [0.25, 0.3) is 27.5 Å². The lowest BCUT2D eigenvalue weighted by molar-refractivity contribution is 0.0691. The van der Waals surface area contributed by atoms with Gasteiger partial charge in [0.2, 0.25) is 5.13 Å². The number of nitrogens with zero attached hydrogens (tertiary/aromatic N) is 3. The molecule has 0 aliphatic heterocycles. The van der Waals surface area contributed by atoms with Crippen LogP contribution < -0.4 is 0 Å². The van der Waals surface area contributed by atoms with E-state index in [1.54, 1.807) is 35.0 Å². The molecule has 1 aliphatic carbocycles. The first-order valence-electron chi connectivity index (χ1n) is 12.8. The molecule has 1 saturated carbocycles. The molecule has 6 rings (SSSR count). The lowest BCUT2D eigenvalue weighted by atomic mass is 9.95. The first kappa shape index (κ1) is 27.1. The third-order valence-electron chi connectivity index (χ3n) is 7.01. The maximum absolute atomic E-state index is 15.0. The van der Waals surface area contributed by atoms with Crippen LogP contribution in [-0.2, 0) is 23.9 Å². The van der Waals surface area contributed by atoms with Crippen LogP contribution in [-0.4, -0.2) is 34.6 Å². The lowest BCUT2D eigenvalue weighted by Crippen LogP contribution is -2.06. The van der Waals surface area contributed by atoms with Crippen LogP contribution >= 0.6 is 11.3 Å². The maximum atomic E-state index is 15.0. The summed E-state index contributed by atoms with van der Waals surface area (Å²) < 4.78 is 54.0. The minimum Gasteiger partial charge on any atom is -0.768 e. The molecule has 208 valence electrons. The van der Waals surface area contributed by atoms with Crippen molar-refractivity contribution in [2.24, 2.45) is 5.92 Å². The number of hydrogen-bond donors (Lipinski definition) is 1. The fourth-order valence-electron chi connectivity index (χ4n) is 4.84. The number of benzene rings is 3. The summed E-state index contributed by atoms with van der Waals surface area (Å²) >= 11 is -1.25. The van der Waals surface area contributed by atoms with Crippen LogP contribution in [0.15, 0.2) is 77.0 Å². The summed E-state index contributed by atoms with van der Waals surface area (Å²) in [5.41, 5.74) is 3.96. The van der Waals surface area contributed by atoms with Crippen molar-refractivity contribution in [1.29, 1.82) is 0 Å². The zero-order chi connectivity index (χ0) is 28.7. The minimum atomic E-state index is -2.41. The van der Waals surface area contributed by atoms with Crippen molar-refractivity contribution in [2.75, 3.05) is 0 Å².